The molecule has 1 fully saturated rings. The lowest BCUT2D eigenvalue weighted by Gasteiger charge is -2.43. The molecular formula is C26H28F3NO6. The maximum atomic E-state index is 13.1. The van der Waals surface area contributed by atoms with Crippen LogP contribution in [0.5, 0.6) is 0 Å². The number of hydrogen-bond donors (Lipinski definition) is 3. The molecule has 0 aromatic heterocycles. The predicted octanol–water partition coefficient (Wildman–Crippen LogP) is 4.02. The van der Waals surface area contributed by atoms with Crippen molar-refractivity contribution in [3.05, 3.63) is 70.8 Å². The Balaban J connectivity index is 0.000000345. The monoisotopic (exact) mass is 507 g/mol. The quantitative estimate of drug-likeness (QED) is 0.560. The van der Waals surface area contributed by atoms with Gasteiger partial charge in [-0.25, -0.2) is 4.79 Å². The van der Waals surface area contributed by atoms with E-state index in [0.29, 0.717) is 6.54 Å². The highest BCUT2D eigenvalue weighted by Crippen LogP contribution is 2.43. The van der Waals surface area contributed by atoms with E-state index in [4.69, 9.17) is 15.3 Å². The van der Waals surface area contributed by atoms with Crippen molar-refractivity contribution >= 4 is 17.7 Å². The van der Waals surface area contributed by atoms with Crippen LogP contribution < -0.4 is 0 Å². The van der Waals surface area contributed by atoms with Gasteiger partial charge < -0.3 is 15.3 Å². The van der Waals surface area contributed by atoms with Crippen LogP contribution in [0.4, 0.5) is 13.2 Å². The third-order valence-corrected chi connectivity index (χ3v) is 6.77. The van der Waals surface area contributed by atoms with E-state index in [1.165, 1.54) is 0 Å². The molecule has 1 saturated heterocycles. The molecule has 1 unspecified atom stereocenters. The van der Waals surface area contributed by atoms with Crippen LogP contribution in [0, 0.1) is 5.41 Å². The van der Waals surface area contributed by atoms with E-state index < -0.39 is 36.2 Å². The molecule has 1 heterocycles. The zero-order valence-electron chi connectivity index (χ0n) is 19.5. The Morgan fingerprint density at radius 2 is 1.58 bits per heavy atom. The first-order valence-corrected chi connectivity index (χ1v) is 11.6. The molecular weight excluding hydrogens is 479 g/mol. The highest BCUT2D eigenvalue weighted by molar-refractivity contribution is 6.02. The van der Waals surface area contributed by atoms with Gasteiger partial charge in [0.05, 0.1) is 12.0 Å². The van der Waals surface area contributed by atoms with E-state index in [1.807, 2.05) is 24.3 Å². The van der Waals surface area contributed by atoms with Crippen molar-refractivity contribution in [1.29, 1.82) is 0 Å². The van der Waals surface area contributed by atoms with Crippen LogP contribution in [0.1, 0.15) is 52.7 Å². The molecule has 2 aromatic carbocycles. The van der Waals surface area contributed by atoms with Crippen LogP contribution in [-0.2, 0) is 28.7 Å². The summed E-state index contributed by atoms with van der Waals surface area (Å²) >= 11 is 0. The van der Waals surface area contributed by atoms with E-state index in [9.17, 15) is 27.6 Å². The Bertz CT molecular complexity index is 1090. The fraction of sp³-hybridized carbons (Fsp3) is 0.423. The molecule has 36 heavy (non-hydrogen) atoms. The first-order chi connectivity index (χ1) is 16.9. The number of nitrogens with zero attached hydrogens (tertiary/aromatic N) is 1. The lowest BCUT2D eigenvalue weighted by molar-refractivity contribution is -0.152. The second kappa shape index (κ2) is 11.2. The Morgan fingerprint density at radius 3 is 2.11 bits per heavy atom. The average Bonchev–Trinajstić information content (AvgIpc) is 2.83. The van der Waals surface area contributed by atoms with Gasteiger partial charge in [0.1, 0.15) is 0 Å². The van der Waals surface area contributed by atoms with Crippen molar-refractivity contribution in [2.75, 3.05) is 13.1 Å². The van der Waals surface area contributed by atoms with Gasteiger partial charge in [0.15, 0.2) is 11.9 Å². The number of aliphatic hydroxyl groups excluding tert-OH is 1. The first-order valence-electron chi connectivity index (χ1n) is 11.6. The fourth-order valence-electron chi connectivity index (χ4n) is 4.66. The summed E-state index contributed by atoms with van der Waals surface area (Å²) in [6, 6.07) is 13.3. The molecule has 7 nitrogen and oxygen atoms in total. The Kier molecular flexibility index (Phi) is 8.52. The molecule has 0 amide bonds. The van der Waals surface area contributed by atoms with Crippen LogP contribution in [0.3, 0.4) is 0 Å². The van der Waals surface area contributed by atoms with Crippen LogP contribution in [-0.4, -0.2) is 57.1 Å². The number of piperidine rings is 1. The molecule has 4 rings (SSSR count). The fourth-order valence-corrected chi connectivity index (χ4v) is 4.66. The maximum Gasteiger partial charge on any atom is 0.416 e. The number of likely N-dealkylation sites (tertiary alicyclic amines) is 1. The van der Waals surface area contributed by atoms with Gasteiger partial charge in [-0.2, -0.15) is 13.2 Å². The van der Waals surface area contributed by atoms with Crippen LogP contribution >= 0.6 is 0 Å². The third-order valence-electron chi connectivity index (χ3n) is 6.77. The first kappa shape index (κ1) is 27.3. The Labute approximate surface area is 206 Å². The number of aryl methyl sites for hydroxylation is 1. The number of carboxylic acid groups (broad SMARTS) is 2. The maximum absolute atomic E-state index is 13.1. The van der Waals surface area contributed by atoms with Crippen molar-refractivity contribution in [3.63, 3.8) is 0 Å². The number of carbonyl (C=O) groups is 3. The SMILES string of the molecule is O=C(O)CC(O)C(=O)O.O=C1c2ccccc2CCC12CCN(Cc1ccc(C(F)(F)F)cc1)CC2. The summed E-state index contributed by atoms with van der Waals surface area (Å²) in [5.74, 6) is -2.57. The van der Waals surface area contributed by atoms with E-state index in [2.05, 4.69) is 4.90 Å². The number of hydrogen-bond acceptors (Lipinski definition) is 5. The number of carbonyl (C=O) groups excluding carboxylic acids is 1. The molecule has 2 aromatic rings. The minimum Gasteiger partial charge on any atom is -0.481 e. The summed E-state index contributed by atoms with van der Waals surface area (Å²) in [5.41, 5.74) is 2.03. The van der Waals surface area contributed by atoms with Crippen LogP contribution in [0.15, 0.2) is 48.5 Å². The number of benzene rings is 2. The van der Waals surface area contributed by atoms with Gasteiger partial charge in [-0.3, -0.25) is 14.5 Å². The zero-order valence-corrected chi connectivity index (χ0v) is 19.5. The van der Waals surface area contributed by atoms with Gasteiger partial charge >= 0.3 is 18.1 Å². The van der Waals surface area contributed by atoms with E-state index in [1.54, 1.807) is 12.1 Å². The van der Waals surface area contributed by atoms with Gasteiger partial charge in [0.2, 0.25) is 0 Å². The van der Waals surface area contributed by atoms with E-state index in [-0.39, 0.29) is 11.2 Å². The molecule has 0 bridgehead atoms. The number of aliphatic carboxylic acids is 2. The van der Waals surface area contributed by atoms with Crippen molar-refractivity contribution in [2.45, 2.75) is 50.9 Å². The van der Waals surface area contributed by atoms with Crippen molar-refractivity contribution in [3.8, 4) is 0 Å². The number of carboxylic acids is 2. The molecule has 1 aliphatic heterocycles. The molecule has 1 atom stereocenters. The number of ketones is 1. The Hall–Kier alpha value is -3.24. The second-order valence-electron chi connectivity index (χ2n) is 9.19. The minimum atomic E-state index is -4.30. The smallest absolute Gasteiger partial charge is 0.416 e. The number of halogens is 3. The molecule has 194 valence electrons. The lowest BCUT2D eigenvalue weighted by atomic mass is 9.65. The standard InChI is InChI=1S/C22H22F3NO.C4H6O5/c23-22(24,25)18-7-5-16(6-8-18)15-26-13-11-21(12-14-26)10-9-17-3-1-2-4-19(17)20(21)27;5-2(4(8)9)1-3(6)7/h1-8H,9-15H2;2,5H,1H2,(H,6,7)(H,8,9). The highest BCUT2D eigenvalue weighted by atomic mass is 19.4. The topological polar surface area (TPSA) is 115 Å². The number of aliphatic hydroxyl groups is 1. The number of fused-ring (bicyclic) bond motifs is 1. The molecule has 1 aliphatic carbocycles. The van der Waals surface area contributed by atoms with E-state index in [0.717, 1.165) is 67.6 Å². The molecule has 3 N–H and O–H groups in total. The summed E-state index contributed by atoms with van der Waals surface area (Å²) in [6.07, 6.45) is -3.36. The highest BCUT2D eigenvalue weighted by Gasteiger charge is 2.44. The average molecular weight is 508 g/mol. The minimum absolute atomic E-state index is 0.259. The zero-order chi connectivity index (χ0) is 26.5. The summed E-state index contributed by atoms with van der Waals surface area (Å²) in [5, 5.41) is 24.1. The van der Waals surface area contributed by atoms with Gasteiger partial charge in [-0.1, -0.05) is 36.4 Å². The largest absolute Gasteiger partial charge is 0.481 e. The summed E-state index contributed by atoms with van der Waals surface area (Å²) in [4.78, 5) is 34.7. The van der Waals surface area contributed by atoms with Gasteiger partial charge in [0, 0.05) is 17.5 Å². The molecule has 0 radical (unpaired) electrons. The third kappa shape index (κ3) is 6.70. The Morgan fingerprint density at radius 1 is 0.972 bits per heavy atom. The summed E-state index contributed by atoms with van der Waals surface area (Å²) < 4.78 is 38.0. The molecule has 0 saturated carbocycles. The van der Waals surface area contributed by atoms with Crippen molar-refractivity contribution in [2.24, 2.45) is 5.41 Å². The van der Waals surface area contributed by atoms with Crippen LogP contribution in [0.2, 0.25) is 0 Å². The number of alkyl halides is 3. The number of rotatable bonds is 5. The van der Waals surface area contributed by atoms with Gasteiger partial charge in [-0.05, 0) is 62.0 Å². The lowest BCUT2D eigenvalue weighted by Crippen LogP contribution is -2.46. The van der Waals surface area contributed by atoms with Gasteiger partial charge in [-0.15, -0.1) is 0 Å². The van der Waals surface area contributed by atoms with Gasteiger partial charge in [0.25, 0.3) is 0 Å². The predicted molar refractivity (Wildman–Crippen MR) is 123 cm³/mol. The van der Waals surface area contributed by atoms with Crippen LogP contribution in [0.25, 0.3) is 0 Å². The van der Waals surface area contributed by atoms with Crippen molar-refractivity contribution < 1.29 is 42.9 Å². The normalized spacial score (nSPS) is 18.1. The summed E-state index contributed by atoms with van der Waals surface area (Å²) in [6.45, 7) is 2.23. The molecule has 2 aliphatic rings. The summed E-state index contributed by atoms with van der Waals surface area (Å²) in [7, 11) is 0. The van der Waals surface area contributed by atoms with E-state index >= 15 is 0 Å². The number of Topliss-reactive ketones (excluding diaryl/α,β-unsaturated/α-hetero) is 1. The molecule has 1 spiro atoms. The second-order valence-corrected chi connectivity index (χ2v) is 9.19. The molecule has 10 heteroatoms. The van der Waals surface area contributed by atoms with Crippen molar-refractivity contribution in [1.82, 2.24) is 4.90 Å².